The van der Waals surface area contributed by atoms with Crippen molar-refractivity contribution in [3.63, 3.8) is 0 Å². The normalized spacial score (nSPS) is 10.2. The molecule has 1 rings (SSSR count). The van der Waals surface area contributed by atoms with Gasteiger partial charge in [-0.1, -0.05) is 12.1 Å². The second kappa shape index (κ2) is 7.14. The average Bonchev–Trinajstić information content (AvgIpc) is 2.30. The molecule has 0 saturated carbocycles. The topological polar surface area (TPSA) is 12.0 Å². The van der Waals surface area contributed by atoms with Gasteiger partial charge in [-0.05, 0) is 62.4 Å². The lowest BCUT2D eigenvalue weighted by molar-refractivity contribution is 0.628. The third kappa shape index (κ3) is 4.63. The van der Waals surface area contributed by atoms with Crippen molar-refractivity contribution in [1.82, 2.24) is 5.32 Å². The van der Waals surface area contributed by atoms with E-state index in [-0.39, 0.29) is 0 Å². The van der Waals surface area contributed by atoms with E-state index in [4.69, 9.17) is 6.42 Å². The van der Waals surface area contributed by atoms with Gasteiger partial charge in [-0.3, -0.25) is 0 Å². The molecule has 92 valence electrons. The number of hydrogen-bond acceptors (Lipinski definition) is 1. The molecule has 1 aromatic carbocycles. The van der Waals surface area contributed by atoms with Gasteiger partial charge in [0.2, 0.25) is 0 Å². The Morgan fingerprint density at radius 3 is 2.47 bits per heavy atom. The highest BCUT2D eigenvalue weighted by Crippen LogP contribution is 2.15. The molecule has 0 aromatic heterocycles. The van der Waals surface area contributed by atoms with Gasteiger partial charge in [0.25, 0.3) is 0 Å². The van der Waals surface area contributed by atoms with Crippen molar-refractivity contribution in [3.8, 4) is 12.3 Å². The standard InChI is InChI=1S/C16H23N/c1-5-6-7-8-9-17-12-16-11-14(3)13(2)10-15(16)4/h1,10-11,17H,6-9,12H2,2-4H3. The number of nitrogens with one attached hydrogen (secondary N) is 1. The molecule has 1 nitrogen and oxygen atoms in total. The Bertz CT molecular complexity index is 399. The fraction of sp³-hybridized carbons (Fsp3) is 0.500. The van der Waals surface area contributed by atoms with E-state index in [0.29, 0.717) is 0 Å². The van der Waals surface area contributed by atoms with E-state index in [9.17, 15) is 0 Å². The Balaban J connectivity index is 2.37. The molecule has 0 bridgehead atoms. The zero-order valence-electron chi connectivity index (χ0n) is 11.3. The summed E-state index contributed by atoms with van der Waals surface area (Å²) in [4.78, 5) is 0. The van der Waals surface area contributed by atoms with Gasteiger partial charge >= 0.3 is 0 Å². The molecule has 0 aliphatic rings. The molecule has 0 saturated heterocycles. The summed E-state index contributed by atoms with van der Waals surface area (Å²) in [5.41, 5.74) is 5.54. The van der Waals surface area contributed by atoms with Crippen LogP contribution in [0.15, 0.2) is 12.1 Å². The maximum Gasteiger partial charge on any atom is 0.0208 e. The van der Waals surface area contributed by atoms with Crippen molar-refractivity contribution < 1.29 is 0 Å². The summed E-state index contributed by atoms with van der Waals surface area (Å²) in [6.07, 6.45) is 8.39. The Labute approximate surface area is 106 Å². The number of rotatable bonds is 6. The molecule has 0 amide bonds. The predicted octanol–water partition coefficient (Wildman–Crippen LogP) is 3.50. The molecule has 0 spiro atoms. The highest BCUT2D eigenvalue weighted by Gasteiger charge is 2.01. The molecule has 0 radical (unpaired) electrons. The lowest BCUT2D eigenvalue weighted by Crippen LogP contribution is -2.15. The summed E-state index contributed by atoms with van der Waals surface area (Å²) in [6, 6.07) is 4.56. The first-order valence-corrected chi connectivity index (χ1v) is 6.36. The van der Waals surface area contributed by atoms with Crippen molar-refractivity contribution >= 4 is 0 Å². The summed E-state index contributed by atoms with van der Waals surface area (Å²) in [5.74, 6) is 2.67. The number of hydrogen-bond donors (Lipinski definition) is 1. The SMILES string of the molecule is C#CCCCCNCc1cc(C)c(C)cc1C. The molecule has 1 N–H and O–H groups in total. The molecule has 17 heavy (non-hydrogen) atoms. The van der Waals surface area contributed by atoms with E-state index < -0.39 is 0 Å². The Morgan fingerprint density at radius 1 is 1.06 bits per heavy atom. The molecular weight excluding hydrogens is 206 g/mol. The van der Waals surface area contributed by atoms with Crippen LogP contribution < -0.4 is 5.32 Å². The van der Waals surface area contributed by atoms with Crippen LogP contribution in [0.3, 0.4) is 0 Å². The van der Waals surface area contributed by atoms with Gasteiger partial charge in [0.05, 0.1) is 0 Å². The summed E-state index contributed by atoms with van der Waals surface area (Å²) in [7, 11) is 0. The lowest BCUT2D eigenvalue weighted by atomic mass is 10.0. The van der Waals surface area contributed by atoms with E-state index in [1.165, 1.54) is 22.3 Å². The van der Waals surface area contributed by atoms with Gasteiger partial charge in [-0.2, -0.15) is 0 Å². The minimum absolute atomic E-state index is 0.893. The largest absolute Gasteiger partial charge is 0.313 e. The van der Waals surface area contributed by atoms with Crippen molar-refractivity contribution in [2.75, 3.05) is 6.54 Å². The van der Waals surface area contributed by atoms with E-state index in [1.807, 2.05) is 0 Å². The van der Waals surface area contributed by atoms with E-state index in [1.54, 1.807) is 0 Å². The number of terminal acetylenes is 1. The summed E-state index contributed by atoms with van der Waals surface area (Å²) in [6.45, 7) is 8.53. The minimum Gasteiger partial charge on any atom is -0.313 e. The molecule has 0 unspecified atom stereocenters. The fourth-order valence-electron chi connectivity index (χ4n) is 1.91. The van der Waals surface area contributed by atoms with Gasteiger partial charge in [0.15, 0.2) is 0 Å². The van der Waals surface area contributed by atoms with Crippen LogP contribution in [0.2, 0.25) is 0 Å². The summed E-state index contributed by atoms with van der Waals surface area (Å²) < 4.78 is 0. The first kappa shape index (κ1) is 13.8. The van der Waals surface area contributed by atoms with E-state index >= 15 is 0 Å². The smallest absolute Gasteiger partial charge is 0.0208 e. The van der Waals surface area contributed by atoms with Crippen LogP contribution >= 0.6 is 0 Å². The molecule has 0 aliphatic carbocycles. The summed E-state index contributed by atoms with van der Waals surface area (Å²) in [5, 5.41) is 3.48. The van der Waals surface area contributed by atoms with Gasteiger partial charge < -0.3 is 5.32 Å². The monoisotopic (exact) mass is 229 g/mol. The Kier molecular flexibility index (Phi) is 5.80. The van der Waals surface area contributed by atoms with Crippen LogP contribution in [0, 0.1) is 33.1 Å². The molecule has 0 heterocycles. The number of unbranched alkanes of at least 4 members (excludes halogenated alkanes) is 2. The molecule has 0 atom stereocenters. The van der Waals surface area contributed by atoms with E-state index in [0.717, 1.165) is 32.4 Å². The quantitative estimate of drug-likeness (QED) is 0.581. The predicted molar refractivity (Wildman–Crippen MR) is 75.0 cm³/mol. The van der Waals surface area contributed by atoms with Crippen LogP contribution in [0.1, 0.15) is 41.5 Å². The maximum atomic E-state index is 5.21. The molecular formula is C16H23N. The number of benzene rings is 1. The molecule has 1 aromatic rings. The van der Waals surface area contributed by atoms with Crippen LogP contribution in [-0.4, -0.2) is 6.54 Å². The second-order valence-electron chi connectivity index (χ2n) is 4.70. The van der Waals surface area contributed by atoms with Gasteiger partial charge in [0.1, 0.15) is 0 Å². The average molecular weight is 229 g/mol. The Hall–Kier alpha value is -1.26. The van der Waals surface area contributed by atoms with Crippen molar-refractivity contribution in [1.29, 1.82) is 0 Å². The van der Waals surface area contributed by atoms with Crippen LogP contribution in [0.5, 0.6) is 0 Å². The van der Waals surface area contributed by atoms with Crippen molar-refractivity contribution in [2.45, 2.75) is 46.6 Å². The highest BCUT2D eigenvalue weighted by atomic mass is 14.8. The van der Waals surface area contributed by atoms with Crippen LogP contribution in [-0.2, 0) is 6.54 Å². The Morgan fingerprint density at radius 2 is 1.76 bits per heavy atom. The third-order valence-corrected chi connectivity index (χ3v) is 3.19. The zero-order valence-corrected chi connectivity index (χ0v) is 11.3. The van der Waals surface area contributed by atoms with Gasteiger partial charge in [0, 0.05) is 13.0 Å². The molecule has 0 aliphatic heterocycles. The second-order valence-corrected chi connectivity index (χ2v) is 4.70. The lowest BCUT2D eigenvalue weighted by Gasteiger charge is -2.10. The highest BCUT2D eigenvalue weighted by molar-refractivity contribution is 5.36. The molecule has 0 fully saturated rings. The van der Waals surface area contributed by atoms with Gasteiger partial charge in [-0.25, -0.2) is 0 Å². The fourth-order valence-corrected chi connectivity index (χ4v) is 1.91. The van der Waals surface area contributed by atoms with Crippen LogP contribution in [0.4, 0.5) is 0 Å². The first-order valence-electron chi connectivity index (χ1n) is 6.36. The third-order valence-electron chi connectivity index (χ3n) is 3.19. The van der Waals surface area contributed by atoms with Crippen molar-refractivity contribution in [2.24, 2.45) is 0 Å². The van der Waals surface area contributed by atoms with E-state index in [2.05, 4.69) is 44.1 Å². The number of aryl methyl sites for hydroxylation is 3. The summed E-state index contributed by atoms with van der Waals surface area (Å²) >= 11 is 0. The maximum absolute atomic E-state index is 5.21. The van der Waals surface area contributed by atoms with Crippen molar-refractivity contribution in [3.05, 3.63) is 34.4 Å². The van der Waals surface area contributed by atoms with Crippen LogP contribution in [0.25, 0.3) is 0 Å². The minimum atomic E-state index is 0.893. The van der Waals surface area contributed by atoms with Gasteiger partial charge in [-0.15, -0.1) is 12.3 Å². The first-order chi connectivity index (χ1) is 8.15. The molecule has 1 heteroatoms. The zero-order chi connectivity index (χ0) is 12.7.